The van der Waals surface area contributed by atoms with Crippen molar-refractivity contribution in [2.45, 2.75) is 71.3 Å². The fraction of sp³-hybridized carbons (Fsp3) is 0.520. The number of unbranched alkanes of at least 4 members (excludes halogenated alkanes) is 1. The van der Waals surface area contributed by atoms with Gasteiger partial charge in [-0.3, -0.25) is 14.7 Å². The topological polar surface area (TPSA) is 113 Å². The first-order chi connectivity index (χ1) is 16.0. The number of Topliss-reactive ketones (excluding diaryl/α,β-unsaturated/α-hetero) is 1. The predicted molar refractivity (Wildman–Crippen MR) is 127 cm³/mol. The molecule has 3 rings (SSSR count). The Bertz CT molecular complexity index is 935. The van der Waals surface area contributed by atoms with Crippen molar-refractivity contribution < 1.29 is 19.1 Å². The number of benzene rings is 1. The van der Waals surface area contributed by atoms with Gasteiger partial charge in [-0.1, -0.05) is 69.9 Å². The van der Waals surface area contributed by atoms with Crippen molar-refractivity contribution >= 4 is 23.6 Å². The Balaban J connectivity index is 1.58. The molecule has 8 heteroatoms. The number of nitrogens with zero attached hydrogens (tertiary/aromatic N) is 1. The minimum absolute atomic E-state index is 0.0358. The van der Waals surface area contributed by atoms with Crippen molar-refractivity contribution in [3.8, 4) is 11.3 Å². The zero-order valence-corrected chi connectivity index (χ0v) is 19.5. The average Bonchev–Trinajstić information content (AvgIpc) is 3.51. The molecule has 0 saturated heterocycles. The molecule has 2 aromatic rings. The van der Waals surface area contributed by atoms with Crippen LogP contribution in [-0.2, 0) is 14.3 Å². The molecule has 1 heterocycles. The number of nitrogens with one attached hydrogen (secondary N) is 3. The van der Waals surface area contributed by atoms with Gasteiger partial charge in [-0.25, -0.2) is 4.79 Å². The van der Waals surface area contributed by atoms with E-state index in [4.69, 9.17) is 4.74 Å². The van der Waals surface area contributed by atoms with E-state index in [9.17, 15) is 14.4 Å². The van der Waals surface area contributed by atoms with Crippen molar-refractivity contribution in [2.24, 2.45) is 5.41 Å². The first-order valence-electron chi connectivity index (χ1n) is 11.9. The summed E-state index contributed by atoms with van der Waals surface area (Å²) in [4.78, 5) is 37.9. The molecule has 0 unspecified atom stereocenters. The number of aromatic amines is 1. The summed E-state index contributed by atoms with van der Waals surface area (Å²) in [6.07, 6.45) is 6.60. The Morgan fingerprint density at radius 2 is 1.88 bits per heavy atom. The molecule has 1 aliphatic carbocycles. The number of amides is 2. The van der Waals surface area contributed by atoms with Crippen LogP contribution >= 0.6 is 0 Å². The minimum atomic E-state index is -0.939. The molecule has 0 bridgehead atoms. The van der Waals surface area contributed by atoms with Gasteiger partial charge in [-0.05, 0) is 31.2 Å². The smallest absolute Gasteiger partial charge is 0.407 e. The summed E-state index contributed by atoms with van der Waals surface area (Å²) in [7, 11) is 0. The molecule has 0 radical (unpaired) electrons. The van der Waals surface area contributed by atoms with E-state index in [0.717, 1.165) is 49.8 Å². The van der Waals surface area contributed by atoms with Crippen LogP contribution in [0.15, 0.2) is 36.4 Å². The monoisotopic (exact) mass is 454 g/mol. The third-order valence-corrected chi connectivity index (χ3v) is 6.51. The van der Waals surface area contributed by atoms with Gasteiger partial charge in [0.25, 0.3) is 5.91 Å². The minimum Gasteiger partial charge on any atom is -0.449 e. The maximum atomic E-state index is 12.8. The second-order valence-electron chi connectivity index (χ2n) is 8.83. The van der Waals surface area contributed by atoms with E-state index in [1.54, 1.807) is 6.07 Å². The Kier molecular flexibility index (Phi) is 8.63. The highest BCUT2D eigenvalue weighted by Gasteiger charge is 2.34. The van der Waals surface area contributed by atoms with Crippen molar-refractivity contribution in [2.75, 3.05) is 11.9 Å². The van der Waals surface area contributed by atoms with E-state index in [0.29, 0.717) is 19.4 Å². The van der Waals surface area contributed by atoms with Crippen LogP contribution in [0.25, 0.3) is 11.3 Å². The van der Waals surface area contributed by atoms with Crippen LogP contribution < -0.4 is 10.6 Å². The van der Waals surface area contributed by atoms with Crippen LogP contribution in [0.4, 0.5) is 10.6 Å². The number of rotatable bonds is 11. The molecule has 0 aliphatic heterocycles. The number of carbonyl (C=O) groups excluding carboxylic acids is 3. The summed E-state index contributed by atoms with van der Waals surface area (Å²) >= 11 is 0. The van der Waals surface area contributed by atoms with Gasteiger partial charge in [0.05, 0.1) is 12.3 Å². The fourth-order valence-electron chi connectivity index (χ4n) is 4.29. The zero-order valence-electron chi connectivity index (χ0n) is 19.5. The van der Waals surface area contributed by atoms with Crippen molar-refractivity contribution in [1.82, 2.24) is 15.5 Å². The normalized spacial score (nSPS) is 15.6. The van der Waals surface area contributed by atoms with Crippen LogP contribution in [0, 0.1) is 5.41 Å². The van der Waals surface area contributed by atoms with E-state index in [1.807, 2.05) is 37.3 Å². The largest absolute Gasteiger partial charge is 0.449 e. The highest BCUT2D eigenvalue weighted by atomic mass is 16.5. The second kappa shape index (κ2) is 11.6. The molecule has 1 aliphatic rings. The van der Waals surface area contributed by atoms with E-state index in [1.165, 1.54) is 0 Å². The average molecular weight is 455 g/mol. The fourth-order valence-corrected chi connectivity index (χ4v) is 4.29. The molecular formula is C25H34N4O4. The van der Waals surface area contributed by atoms with E-state index in [-0.39, 0.29) is 11.2 Å². The maximum absolute atomic E-state index is 12.8. The van der Waals surface area contributed by atoms with Crippen LogP contribution in [0.1, 0.15) is 65.2 Å². The number of ketones is 1. The van der Waals surface area contributed by atoms with Gasteiger partial charge in [0.1, 0.15) is 6.04 Å². The standard InChI is InChI=1S/C25H34N4O4/c1-3-5-13-19(26-24(32)33-17-25(4-2)14-9-10-15-25)22(30)23(31)27-21-16-20(28-29-21)18-11-7-6-8-12-18/h6-8,11-12,16,19H,3-5,9-10,13-15,17H2,1-2H3,(H,26,32)(H2,27,28,29,31)/t19-/m0/s1. The van der Waals surface area contributed by atoms with E-state index >= 15 is 0 Å². The molecule has 1 aromatic heterocycles. The van der Waals surface area contributed by atoms with Crippen molar-refractivity contribution in [3.05, 3.63) is 36.4 Å². The molecule has 178 valence electrons. The third kappa shape index (κ3) is 6.66. The van der Waals surface area contributed by atoms with E-state index < -0.39 is 23.8 Å². The zero-order chi connectivity index (χ0) is 23.7. The first kappa shape index (κ1) is 24.5. The molecule has 1 saturated carbocycles. The van der Waals surface area contributed by atoms with Gasteiger partial charge in [0.15, 0.2) is 5.82 Å². The number of hydrogen-bond donors (Lipinski definition) is 3. The number of carbonyl (C=O) groups is 3. The van der Waals surface area contributed by atoms with Crippen LogP contribution in [0.3, 0.4) is 0 Å². The summed E-state index contributed by atoms with van der Waals surface area (Å²) in [5.74, 6) is -1.28. The van der Waals surface area contributed by atoms with Gasteiger partial charge in [-0.15, -0.1) is 0 Å². The molecule has 3 N–H and O–H groups in total. The van der Waals surface area contributed by atoms with Crippen LogP contribution in [-0.4, -0.2) is 40.6 Å². The lowest BCUT2D eigenvalue weighted by Crippen LogP contribution is -2.46. The number of H-pyrrole nitrogens is 1. The molecule has 33 heavy (non-hydrogen) atoms. The lowest BCUT2D eigenvalue weighted by Gasteiger charge is -2.27. The number of aromatic nitrogens is 2. The van der Waals surface area contributed by atoms with Gasteiger partial charge < -0.3 is 15.4 Å². The Hall–Kier alpha value is -3.16. The molecular weight excluding hydrogens is 420 g/mol. The predicted octanol–water partition coefficient (Wildman–Crippen LogP) is 4.84. The van der Waals surface area contributed by atoms with Crippen molar-refractivity contribution in [1.29, 1.82) is 0 Å². The Morgan fingerprint density at radius 1 is 1.15 bits per heavy atom. The van der Waals surface area contributed by atoms with Gasteiger partial charge in [0.2, 0.25) is 5.78 Å². The maximum Gasteiger partial charge on any atom is 0.407 e. The Labute approximate surface area is 194 Å². The number of alkyl carbamates (subject to hydrolysis) is 1. The summed E-state index contributed by atoms with van der Waals surface area (Å²) in [6, 6.07) is 10.3. The number of anilines is 1. The summed E-state index contributed by atoms with van der Waals surface area (Å²) in [6.45, 7) is 4.44. The van der Waals surface area contributed by atoms with Crippen molar-refractivity contribution in [3.63, 3.8) is 0 Å². The third-order valence-electron chi connectivity index (χ3n) is 6.51. The quantitative estimate of drug-likeness (QED) is 0.421. The summed E-state index contributed by atoms with van der Waals surface area (Å²) < 4.78 is 5.48. The molecule has 0 spiro atoms. The lowest BCUT2D eigenvalue weighted by molar-refractivity contribution is -0.136. The molecule has 1 atom stereocenters. The van der Waals surface area contributed by atoms with E-state index in [2.05, 4.69) is 27.8 Å². The molecule has 2 amide bonds. The summed E-state index contributed by atoms with van der Waals surface area (Å²) in [5, 5.41) is 12.1. The summed E-state index contributed by atoms with van der Waals surface area (Å²) in [5.41, 5.74) is 1.67. The SMILES string of the molecule is CCCC[C@H](NC(=O)OCC1(CC)CCCC1)C(=O)C(=O)Nc1cc(-c2ccccc2)[nH]n1. The number of hydrogen-bond acceptors (Lipinski definition) is 5. The van der Waals surface area contributed by atoms with Gasteiger partial charge >= 0.3 is 6.09 Å². The lowest BCUT2D eigenvalue weighted by atomic mass is 9.84. The molecule has 1 fully saturated rings. The highest BCUT2D eigenvalue weighted by molar-refractivity contribution is 6.42. The highest BCUT2D eigenvalue weighted by Crippen LogP contribution is 2.41. The first-order valence-corrected chi connectivity index (χ1v) is 11.9. The molecule has 8 nitrogen and oxygen atoms in total. The second-order valence-corrected chi connectivity index (χ2v) is 8.83. The molecule has 1 aromatic carbocycles. The van der Waals surface area contributed by atoms with Crippen LogP contribution in [0.5, 0.6) is 0 Å². The van der Waals surface area contributed by atoms with Crippen LogP contribution in [0.2, 0.25) is 0 Å². The van der Waals surface area contributed by atoms with Gasteiger partial charge in [-0.2, -0.15) is 5.10 Å². The Morgan fingerprint density at radius 3 is 2.55 bits per heavy atom. The number of ether oxygens (including phenoxy) is 1. The van der Waals surface area contributed by atoms with Gasteiger partial charge in [0, 0.05) is 11.5 Å².